The fraction of sp³-hybridized carbons (Fsp3) is 0.167. The standard InChI is InChI=1S/C18H9BrN4O8/c19-12-6-4-21-15(13(6)20-8-2-1-3-9(11(8)12)22(27)28)14(23(29)30)10-7(17(21)25)5-31-18(26)16(10)24/h1-3,16,24H,4-5H2. The van der Waals surface area contributed by atoms with Gasteiger partial charge in [0.2, 0.25) is 0 Å². The van der Waals surface area contributed by atoms with Crippen LogP contribution in [0.1, 0.15) is 22.8 Å². The molecular formula is C18H9BrN4O8. The molecule has 3 aromatic rings. The molecule has 2 aliphatic heterocycles. The van der Waals surface area contributed by atoms with Crippen molar-refractivity contribution in [1.29, 1.82) is 0 Å². The Labute approximate surface area is 179 Å². The molecule has 13 heteroatoms. The van der Waals surface area contributed by atoms with Gasteiger partial charge < -0.3 is 9.84 Å². The molecular weight excluding hydrogens is 480 g/mol. The zero-order valence-corrected chi connectivity index (χ0v) is 16.8. The van der Waals surface area contributed by atoms with Crippen molar-refractivity contribution < 1.29 is 24.5 Å². The van der Waals surface area contributed by atoms with E-state index in [2.05, 4.69) is 20.9 Å². The number of halogens is 1. The van der Waals surface area contributed by atoms with Gasteiger partial charge in [-0.15, -0.1) is 0 Å². The Bertz CT molecular complexity index is 1450. The summed E-state index contributed by atoms with van der Waals surface area (Å²) in [5.74, 6) is -1.10. The van der Waals surface area contributed by atoms with Gasteiger partial charge in [-0.2, -0.15) is 0 Å². The number of hydrogen-bond donors (Lipinski definition) is 1. The summed E-state index contributed by atoms with van der Waals surface area (Å²) in [6, 6.07) is 4.23. The van der Waals surface area contributed by atoms with Crippen molar-refractivity contribution in [3.8, 4) is 11.4 Å². The largest absolute Gasteiger partial charge is 0.458 e. The Balaban J connectivity index is 1.93. The number of ether oxygens (including phenoxy) is 1. The summed E-state index contributed by atoms with van der Waals surface area (Å²) in [4.78, 5) is 51.4. The molecule has 2 aliphatic rings. The van der Waals surface area contributed by atoms with Gasteiger partial charge in [-0.3, -0.25) is 29.6 Å². The van der Waals surface area contributed by atoms with Crippen LogP contribution in [0.15, 0.2) is 27.5 Å². The molecule has 12 nitrogen and oxygen atoms in total. The summed E-state index contributed by atoms with van der Waals surface area (Å²) in [5, 5.41) is 33.9. The average Bonchev–Trinajstić information content (AvgIpc) is 3.10. The molecule has 0 bridgehead atoms. The van der Waals surface area contributed by atoms with E-state index in [0.717, 1.165) is 4.57 Å². The first-order valence-corrected chi connectivity index (χ1v) is 9.56. The number of cyclic esters (lactones) is 1. The van der Waals surface area contributed by atoms with Crippen molar-refractivity contribution in [2.75, 3.05) is 0 Å². The summed E-state index contributed by atoms with van der Waals surface area (Å²) < 4.78 is 6.16. The number of nitrogens with zero attached hydrogens (tertiary/aromatic N) is 4. The number of aliphatic hydroxyl groups is 1. The van der Waals surface area contributed by atoms with Gasteiger partial charge >= 0.3 is 11.7 Å². The molecule has 0 aliphatic carbocycles. The number of rotatable bonds is 2. The third kappa shape index (κ3) is 2.47. The lowest BCUT2D eigenvalue weighted by molar-refractivity contribution is -0.385. The van der Waals surface area contributed by atoms with Crippen LogP contribution in [0, 0.1) is 20.2 Å². The lowest BCUT2D eigenvalue weighted by Gasteiger charge is -2.21. The van der Waals surface area contributed by atoms with Crippen LogP contribution in [-0.2, 0) is 22.7 Å². The number of fused-ring (bicyclic) bond motifs is 5. The molecule has 5 rings (SSSR count). The predicted molar refractivity (Wildman–Crippen MR) is 106 cm³/mol. The molecule has 0 saturated heterocycles. The van der Waals surface area contributed by atoms with E-state index in [-0.39, 0.29) is 44.6 Å². The van der Waals surface area contributed by atoms with Crippen molar-refractivity contribution in [1.82, 2.24) is 9.55 Å². The van der Waals surface area contributed by atoms with E-state index in [1.165, 1.54) is 18.2 Å². The van der Waals surface area contributed by atoms with Crippen LogP contribution in [0.3, 0.4) is 0 Å². The zero-order chi connectivity index (χ0) is 22.2. The Morgan fingerprint density at radius 2 is 1.94 bits per heavy atom. The first-order chi connectivity index (χ1) is 14.7. The van der Waals surface area contributed by atoms with E-state index < -0.39 is 45.3 Å². The zero-order valence-electron chi connectivity index (χ0n) is 15.2. The van der Waals surface area contributed by atoms with Crippen LogP contribution in [0.25, 0.3) is 22.3 Å². The molecule has 1 N–H and O–H groups in total. The summed E-state index contributed by atoms with van der Waals surface area (Å²) in [7, 11) is 0. The minimum absolute atomic E-state index is 0.0672. The Hall–Kier alpha value is -3.71. The highest BCUT2D eigenvalue weighted by molar-refractivity contribution is 9.10. The van der Waals surface area contributed by atoms with Gasteiger partial charge in [-0.05, 0) is 22.0 Å². The summed E-state index contributed by atoms with van der Waals surface area (Å²) >= 11 is 3.34. The van der Waals surface area contributed by atoms with Crippen molar-refractivity contribution in [2.24, 2.45) is 0 Å². The van der Waals surface area contributed by atoms with Crippen molar-refractivity contribution in [2.45, 2.75) is 19.3 Å². The number of aromatic nitrogens is 2. The Morgan fingerprint density at radius 1 is 1.19 bits per heavy atom. The molecule has 0 saturated carbocycles. The van der Waals surface area contributed by atoms with Crippen LogP contribution in [0.5, 0.6) is 0 Å². The SMILES string of the molecule is O=C1OCc2c(c([N+](=O)[O-])c3n(c2=O)Cc2c-3nc3cccc([N+](=O)[O-])c3c2Br)C1O. The van der Waals surface area contributed by atoms with E-state index in [4.69, 9.17) is 4.74 Å². The number of benzene rings is 1. The van der Waals surface area contributed by atoms with Crippen LogP contribution in [-0.4, -0.2) is 30.5 Å². The van der Waals surface area contributed by atoms with Gasteiger partial charge in [0.15, 0.2) is 6.10 Å². The van der Waals surface area contributed by atoms with Crippen LogP contribution >= 0.6 is 15.9 Å². The summed E-state index contributed by atoms with van der Waals surface area (Å²) in [5.41, 5.74) is -1.70. The summed E-state index contributed by atoms with van der Waals surface area (Å²) in [6.07, 6.45) is -1.99. The number of aliphatic hydroxyl groups excluding tert-OH is 1. The predicted octanol–water partition coefficient (Wildman–Crippen LogP) is 2.09. The lowest BCUT2D eigenvalue weighted by atomic mass is 9.97. The molecule has 1 unspecified atom stereocenters. The number of carbonyl (C=O) groups is 1. The van der Waals surface area contributed by atoms with Crippen molar-refractivity contribution in [3.63, 3.8) is 0 Å². The number of hydrogen-bond acceptors (Lipinski definition) is 9. The first-order valence-electron chi connectivity index (χ1n) is 8.76. The molecule has 0 fully saturated rings. The normalized spacial score (nSPS) is 16.5. The lowest BCUT2D eigenvalue weighted by Crippen LogP contribution is -2.33. The van der Waals surface area contributed by atoms with Crippen LogP contribution < -0.4 is 5.56 Å². The highest BCUT2D eigenvalue weighted by atomic mass is 79.9. The second-order valence-electron chi connectivity index (χ2n) is 6.93. The Morgan fingerprint density at radius 3 is 2.61 bits per heavy atom. The molecule has 1 atom stereocenters. The second-order valence-corrected chi connectivity index (χ2v) is 7.72. The first kappa shape index (κ1) is 19.3. The van der Waals surface area contributed by atoms with Gasteiger partial charge in [0, 0.05) is 16.1 Å². The van der Waals surface area contributed by atoms with E-state index in [9.17, 15) is 34.9 Å². The average molecular weight is 489 g/mol. The molecule has 4 heterocycles. The van der Waals surface area contributed by atoms with E-state index >= 15 is 0 Å². The van der Waals surface area contributed by atoms with E-state index in [1.807, 2.05) is 0 Å². The van der Waals surface area contributed by atoms with Crippen molar-refractivity contribution >= 4 is 44.2 Å². The highest BCUT2D eigenvalue weighted by Gasteiger charge is 2.43. The highest BCUT2D eigenvalue weighted by Crippen LogP contribution is 2.46. The number of nitro groups is 2. The quantitative estimate of drug-likeness (QED) is 0.252. The smallest absolute Gasteiger partial charge is 0.340 e. The van der Waals surface area contributed by atoms with Crippen LogP contribution in [0.4, 0.5) is 11.4 Å². The number of nitro benzene ring substituents is 1. The minimum Gasteiger partial charge on any atom is -0.458 e. The topological polar surface area (TPSA) is 168 Å². The maximum absolute atomic E-state index is 13.1. The molecule has 156 valence electrons. The fourth-order valence-electron chi connectivity index (χ4n) is 4.07. The van der Waals surface area contributed by atoms with Gasteiger partial charge in [0.25, 0.3) is 11.2 Å². The summed E-state index contributed by atoms with van der Waals surface area (Å²) in [6.45, 7) is -0.652. The molecule has 2 aromatic heterocycles. The molecule has 0 amide bonds. The number of non-ortho nitro benzene ring substituents is 1. The van der Waals surface area contributed by atoms with Gasteiger partial charge in [-0.25, -0.2) is 9.78 Å². The third-order valence-electron chi connectivity index (χ3n) is 5.38. The third-order valence-corrected chi connectivity index (χ3v) is 6.25. The van der Waals surface area contributed by atoms with E-state index in [0.29, 0.717) is 5.56 Å². The van der Waals surface area contributed by atoms with Gasteiger partial charge in [0.05, 0.1) is 38.4 Å². The van der Waals surface area contributed by atoms with Gasteiger partial charge in [-0.1, -0.05) is 6.07 Å². The molecule has 31 heavy (non-hydrogen) atoms. The maximum atomic E-state index is 13.1. The number of pyridine rings is 2. The van der Waals surface area contributed by atoms with E-state index in [1.54, 1.807) is 0 Å². The molecule has 0 radical (unpaired) electrons. The monoisotopic (exact) mass is 488 g/mol. The van der Waals surface area contributed by atoms with Crippen LogP contribution in [0.2, 0.25) is 0 Å². The Kier molecular flexibility index (Phi) is 3.97. The fourth-order valence-corrected chi connectivity index (χ4v) is 4.79. The molecule has 0 spiro atoms. The molecule has 1 aromatic carbocycles. The van der Waals surface area contributed by atoms with Gasteiger partial charge in [0.1, 0.15) is 18.0 Å². The minimum atomic E-state index is -1.99. The maximum Gasteiger partial charge on any atom is 0.340 e. The number of carbonyl (C=O) groups excluding carboxylic acids is 1. The van der Waals surface area contributed by atoms with Crippen molar-refractivity contribution in [3.05, 3.63) is 69.9 Å². The second kappa shape index (κ2) is 6.39. The number of esters is 1.